The molecule has 0 aromatic carbocycles. The molecule has 0 saturated carbocycles. The van der Waals surface area contributed by atoms with Gasteiger partial charge in [0.15, 0.2) is 0 Å². The molecule has 0 spiro atoms. The molecule has 0 aromatic heterocycles. The third kappa shape index (κ3) is 7.29. The molecule has 0 aromatic rings. The van der Waals surface area contributed by atoms with Crippen LogP contribution < -0.4 is 5.73 Å². The molecule has 72 valence electrons. The summed E-state index contributed by atoms with van der Waals surface area (Å²) in [7, 11) is 0. The Bertz CT molecular complexity index is 226. The van der Waals surface area contributed by atoms with E-state index in [-0.39, 0.29) is 5.54 Å². The van der Waals surface area contributed by atoms with Crippen LogP contribution in [-0.4, -0.2) is 5.54 Å². The van der Waals surface area contributed by atoms with Gasteiger partial charge in [0.05, 0.1) is 0 Å². The average Bonchev–Trinajstić information content (AvgIpc) is 2.01. The molecular weight excluding hydrogens is 158 g/mol. The van der Waals surface area contributed by atoms with Crippen LogP contribution in [0.25, 0.3) is 0 Å². The summed E-state index contributed by atoms with van der Waals surface area (Å²) in [6, 6.07) is 0. The van der Waals surface area contributed by atoms with E-state index in [1.54, 1.807) is 6.08 Å². The van der Waals surface area contributed by atoms with E-state index in [1.165, 1.54) is 0 Å². The Balaban J connectivity index is 4.34. The van der Waals surface area contributed by atoms with Crippen molar-refractivity contribution < 1.29 is 0 Å². The fraction of sp³-hybridized carbons (Fsp3) is 0.333. The van der Waals surface area contributed by atoms with Crippen molar-refractivity contribution in [3.8, 4) is 0 Å². The second kappa shape index (κ2) is 5.55. The van der Waals surface area contributed by atoms with Crippen molar-refractivity contribution in [2.24, 2.45) is 5.73 Å². The fourth-order valence-corrected chi connectivity index (χ4v) is 0.983. The summed E-state index contributed by atoms with van der Waals surface area (Å²) in [5.41, 5.74) is 6.85. The highest BCUT2D eigenvalue weighted by Gasteiger charge is 2.10. The quantitative estimate of drug-likeness (QED) is 0.642. The molecule has 0 amide bonds. The Labute approximate surface area is 81.3 Å². The Morgan fingerprint density at radius 2 is 1.92 bits per heavy atom. The monoisotopic (exact) mass is 177 g/mol. The van der Waals surface area contributed by atoms with Crippen LogP contribution in [0.5, 0.6) is 0 Å². The third-order valence-corrected chi connectivity index (χ3v) is 1.48. The van der Waals surface area contributed by atoms with Gasteiger partial charge in [-0.3, -0.25) is 0 Å². The lowest BCUT2D eigenvalue weighted by molar-refractivity contribution is 0.519. The lowest BCUT2D eigenvalue weighted by Gasteiger charge is -2.18. The molecule has 13 heavy (non-hydrogen) atoms. The van der Waals surface area contributed by atoms with Gasteiger partial charge in [0.25, 0.3) is 0 Å². The Kier molecular flexibility index (Phi) is 5.09. The van der Waals surface area contributed by atoms with E-state index in [2.05, 4.69) is 13.2 Å². The zero-order valence-corrected chi connectivity index (χ0v) is 8.59. The maximum Gasteiger partial charge on any atom is 0.0138 e. The summed E-state index contributed by atoms with van der Waals surface area (Å²) in [4.78, 5) is 0. The van der Waals surface area contributed by atoms with Crippen LogP contribution in [0.2, 0.25) is 0 Å². The van der Waals surface area contributed by atoms with E-state index in [4.69, 9.17) is 5.73 Å². The second-order valence-corrected chi connectivity index (χ2v) is 3.73. The van der Waals surface area contributed by atoms with Crippen LogP contribution in [-0.2, 0) is 0 Å². The van der Waals surface area contributed by atoms with Crippen molar-refractivity contribution in [1.82, 2.24) is 0 Å². The van der Waals surface area contributed by atoms with Gasteiger partial charge in [0, 0.05) is 5.54 Å². The Morgan fingerprint density at radius 1 is 1.31 bits per heavy atom. The molecule has 0 heterocycles. The zero-order valence-electron chi connectivity index (χ0n) is 8.59. The lowest BCUT2D eigenvalue weighted by Crippen LogP contribution is -2.31. The van der Waals surface area contributed by atoms with E-state index in [0.717, 1.165) is 12.0 Å². The highest BCUT2D eigenvalue weighted by Crippen LogP contribution is 2.13. The molecule has 0 aliphatic carbocycles. The van der Waals surface area contributed by atoms with Crippen molar-refractivity contribution >= 4 is 0 Å². The summed E-state index contributed by atoms with van der Waals surface area (Å²) < 4.78 is 0. The van der Waals surface area contributed by atoms with Crippen LogP contribution in [0.3, 0.4) is 0 Å². The first-order chi connectivity index (χ1) is 5.99. The van der Waals surface area contributed by atoms with Crippen LogP contribution in [0.4, 0.5) is 0 Å². The second-order valence-electron chi connectivity index (χ2n) is 3.73. The van der Waals surface area contributed by atoms with Gasteiger partial charge < -0.3 is 5.73 Å². The van der Waals surface area contributed by atoms with Crippen molar-refractivity contribution in [3.05, 3.63) is 49.1 Å². The van der Waals surface area contributed by atoms with Crippen LogP contribution in [0.15, 0.2) is 49.1 Å². The first-order valence-corrected chi connectivity index (χ1v) is 4.39. The number of rotatable bonds is 5. The van der Waals surface area contributed by atoms with Gasteiger partial charge in [-0.25, -0.2) is 0 Å². The molecular formula is C12H19N. The Morgan fingerprint density at radius 3 is 2.31 bits per heavy atom. The van der Waals surface area contributed by atoms with Gasteiger partial charge >= 0.3 is 0 Å². The number of allylic oxidation sites excluding steroid dienone is 5. The summed E-state index contributed by atoms with van der Waals surface area (Å²) in [5, 5.41) is 0. The predicted molar refractivity (Wildman–Crippen MR) is 60.5 cm³/mol. The largest absolute Gasteiger partial charge is 0.325 e. The van der Waals surface area contributed by atoms with Crippen molar-refractivity contribution in [3.63, 3.8) is 0 Å². The third-order valence-electron chi connectivity index (χ3n) is 1.48. The van der Waals surface area contributed by atoms with E-state index in [0.29, 0.717) is 0 Å². The van der Waals surface area contributed by atoms with Gasteiger partial charge in [-0.15, -0.1) is 0 Å². The minimum atomic E-state index is -0.179. The summed E-state index contributed by atoms with van der Waals surface area (Å²) in [6.07, 6.45) is 10.2. The highest BCUT2D eigenvalue weighted by atomic mass is 14.7. The van der Waals surface area contributed by atoms with Gasteiger partial charge in [-0.1, -0.05) is 43.5 Å². The van der Waals surface area contributed by atoms with Crippen LogP contribution >= 0.6 is 0 Å². The van der Waals surface area contributed by atoms with Crippen molar-refractivity contribution in [1.29, 1.82) is 0 Å². The molecule has 0 fully saturated rings. The lowest BCUT2D eigenvalue weighted by atomic mass is 9.96. The van der Waals surface area contributed by atoms with Crippen LogP contribution in [0, 0.1) is 0 Å². The first kappa shape index (κ1) is 11.9. The first-order valence-electron chi connectivity index (χ1n) is 4.39. The molecule has 0 aliphatic heterocycles. The maximum atomic E-state index is 5.88. The molecule has 0 bridgehead atoms. The number of hydrogen-bond acceptors (Lipinski definition) is 1. The summed E-state index contributed by atoms with van der Waals surface area (Å²) >= 11 is 0. The topological polar surface area (TPSA) is 26.0 Å². The molecule has 0 unspecified atom stereocenters. The van der Waals surface area contributed by atoms with E-state index in [9.17, 15) is 0 Å². The fourth-order valence-electron chi connectivity index (χ4n) is 0.983. The van der Waals surface area contributed by atoms with E-state index in [1.807, 2.05) is 38.2 Å². The maximum absolute atomic E-state index is 5.88. The molecule has 2 N–H and O–H groups in total. The average molecular weight is 177 g/mol. The highest BCUT2D eigenvalue weighted by molar-refractivity contribution is 5.25. The summed E-state index contributed by atoms with van der Waals surface area (Å²) in [5.74, 6) is 0. The standard InChI is InChI=1S/C12H19N/c1-5-7-8-9-11(6-2)10-12(3,4)13/h5-9H,1-2,10,13H2,3-4H3/b8-7-,11-9+. The van der Waals surface area contributed by atoms with Gasteiger partial charge in [0.1, 0.15) is 0 Å². The van der Waals surface area contributed by atoms with Crippen molar-refractivity contribution in [2.45, 2.75) is 25.8 Å². The molecule has 1 heteroatoms. The normalized spacial score (nSPS) is 13.3. The summed E-state index contributed by atoms with van der Waals surface area (Å²) in [6.45, 7) is 11.3. The van der Waals surface area contributed by atoms with Gasteiger partial charge in [-0.05, 0) is 25.8 Å². The zero-order chi connectivity index (χ0) is 10.3. The van der Waals surface area contributed by atoms with E-state index < -0.39 is 0 Å². The number of hydrogen-bond donors (Lipinski definition) is 1. The molecule has 0 saturated heterocycles. The van der Waals surface area contributed by atoms with Gasteiger partial charge in [-0.2, -0.15) is 0 Å². The van der Waals surface area contributed by atoms with E-state index >= 15 is 0 Å². The SMILES string of the molecule is C=C/C=C\C=C(/C=C)CC(C)(C)N. The van der Waals surface area contributed by atoms with Crippen molar-refractivity contribution in [2.75, 3.05) is 0 Å². The molecule has 1 nitrogen and oxygen atoms in total. The molecule has 0 rings (SSSR count). The molecule has 0 atom stereocenters. The van der Waals surface area contributed by atoms with Crippen LogP contribution in [0.1, 0.15) is 20.3 Å². The molecule has 0 aliphatic rings. The minimum absolute atomic E-state index is 0.179. The number of nitrogens with two attached hydrogens (primary N) is 1. The molecule has 0 radical (unpaired) electrons. The minimum Gasteiger partial charge on any atom is -0.325 e. The van der Waals surface area contributed by atoms with Gasteiger partial charge in [0.2, 0.25) is 0 Å². The smallest absolute Gasteiger partial charge is 0.0138 e. The predicted octanol–water partition coefficient (Wildman–Crippen LogP) is 2.97. The Hall–Kier alpha value is -1.08.